The first-order valence-corrected chi connectivity index (χ1v) is 8.48. The summed E-state index contributed by atoms with van der Waals surface area (Å²) in [6, 6.07) is 7.52. The second-order valence-corrected chi connectivity index (χ2v) is 7.27. The zero-order valence-electron chi connectivity index (χ0n) is 12.8. The van der Waals surface area contributed by atoms with E-state index < -0.39 is 6.10 Å². The van der Waals surface area contributed by atoms with E-state index in [-0.39, 0.29) is 12.1 Å². The molecule has 2 atom stereocenters. The zero-order chi connectivity index (χ0) is 15.2. The van der Waals surface area contributed by atoms with Gasteiger partial charge in [0.1, 0.15) is 0 Å². The van der Waals surface area contributed by atoms with E-state index in [1.54, 1.807) is 0 Å². The summed E-state index contributed by atoms with van der Waals surface area (Å²) in [7, 11) is 0. The van der Waals surface area contributed by atoms with Gasteiger partial charge < -0.3 is 15.7 Å². The molecule has 3 N–H and O–H groups in total. The molecule has 2 fully saturated rings. The lowest BCUT2D eigenvalue weighted by atomic mass is 9.65. The second-order valence-electron chi connectivity index (χ2n) is 7.27. The van der Waals surface area contributed by atoms with Gasteiger partial charge in [-0.05, 0) is 48.1 Å². The van der Waals surface area contributed by atoms with E-state index in [1.165, 1.54) is 32.1 Å². The summed E-state index contributed by atoms with van der Waals surface area (Å²) in [4.78, 5) is 12.3. The lowest BCUT2D eigenvalue weighted by Crippen LogP contribution is -2.48. The fourth-order valence-corrected chi connectivity index (χ4v) is 4.25. The van der Waals surface area contributed by atoms with Gasteiger partial charge in [0.15, 0.2) is 0 Å². The maximum atomic E-state index is 12.3. The molecule has 2 amide bonds. The third kappa shape index (κ3) is 2.39. The molecule has 0 saturated heterocycles. The van der Waals surface area contributed by atoms with Gasteiger partial charge in [0, 0.05) is 13.0 Å². The number of hydrogen-bond acceptors (Lipinski definition) is 2. The quantitative estimate of drug-likeness (QED) is 0.800. The molecule has 0 aliphatic heterocycles. The highest BCUT2D eigenvalue weighted by Crippen LogP contribution is 2.56. The molecule has 0 radical (unpaired) electrons. The minimum atomic E-state index is -0.524. The highest BCUT2D eigenvalue weighted by Gasteiger charge is 2.49. The Balaban J connectivity index is 1.36. The zero-order valence-corrected chi connectivity index (χ0v) is 12.8. The highest BCUT2D eigenvalue weighted by atomic mass is 16.3. The summed E-state index contributed by atoms with van der Waals surface area (Å²) in [5.74, 6) is 0.833. The van der Waals surface area contributed by atoms with Crippen molar-refractivity contribution in [2.45, 2.75) is 50.7 Å². The first-order valence-electron chi connectivity index (χ1n) is 8.48. The summed E-state index contributed by atoms with van der Waals surface area (Å²) in [5, 5.41) is 16.2. The van der Waals surface area contributed by atoms with Gasteiger partial charge in [-0.15, -0.1) is 0 Å². The molecule has 1 aromatic rings. The van der Waals surface area contributed by atoms with Crippen LogP contribution in [0.15, 0.2) is 24.3 Å². The van der Waals surface area contributed by atoms with Crippen LogP contribution in [0.25, 0.3) is 0 Å². The number of aliphatic hydroxyl groups is 1. The van der Waals surface area contributed by atoms with Gasteiger partial charge in [0.25, 0.3) is 0 Å². The van der Waals surface area contributed by atoms with Crippen molar-refractivity contribution in [2.75, 3.05) is 6.54 Å². The predicted molar refractivity (Wildman–Crippen MR) is 84.4 cm³/mol. The van der Waals surface area contributed by atoms with Gasteiger partial charge in [-0.25, -0.2) is 4.79 Å². The molecule has 2 saturated carbocycles. The van der Waals surface area contributed by atoms with E-state index in [1.807, 2.05) is 24.3 Å². The number of nitrogens with one attached hydrogen (secondary N) is 2. The second kappa shape index (κ2) is 5.27. The van der Waals surface area contributed by atoms with Crippen LogP contribution in [0, 0.1) is 11.3 Å². The van der Waals surface area contributed by atoms with Crippen LogP contribution in [0.1, 0.15) is 49.3 Å². The van der Waals surface area contributed by atoms with Gasteiger partial charge in [0.05, 0.1) is 12.1 Å². The summed E-state index contributed by atoms with van der Waals surface area (Å²) in [6.07, 6.45) is 6.57. The van der Waals surface area contributed by atoms with E-state index in [0.29, 0.717) is 11.8 Å². The van der Waals surface area contributed by atoms with E-state index in [0.717, 1.165) is 23.6 Å². The van der Waals surface area contributed by atoms with Crippen LogP contribution in [-0.4, -0.2) is 23.8 Å². The molecular weight excluding hydrogens is 276 g/mol. The molecule has 4 heteroatoms. The Kier molecular flexibility index (Phi) is 3.37. The Labute approximate surface area is 131 Å². The van der Waals surface area contributed by atoms with Crippen LogP contribution < -0.4 is 10.6 Å². The molecule has 118 valence electrons. The molecule has 0 unspecified atom stereocenters. The van der Waals surface area contributed by atoms with Crippen LogP contribution in [0.3, 0.4) is 0 Å². The third-order valence-corrected chi connectivity index (χ3v) is 5.88. The summed E-state index contributed by atoms with van der Waals surface area (Å²) >= 11 is 0. The van der Waals surface area contributed by atoms with Crippen molar-refractivity contribution in [1.29, 1.82) is 0 Å². The molecular formula is C18H24N2O2. The van der Waals surface area contributed by atoms with E-state index in [9.17, 15) is 9.90 Å². The highest BCUT2D eigenvalue weighted by molar-refractivity contribution is 5.75. The molecule has 3 aliphatic rings. The van der Waals surface area contributed by atoms with E-state index in [2.05, 4.69) is 10.6 Å². The van der Waals surface area contributed by atoms with Gasteiger partial charge >= 0.3 is 6.03 Å². The van der Waals surface area contributed by atoms with Crippen molar-refractivity contribution in [3.63, 3.8) is 0 Å². The molecule has 0 spiro atoms. The third-order valence-electron chi connectivity index (χ3n) is 5.88. The van der Waals surface area contributed by atoms with Gasteiger partial charge in [-0.2, -0.15) is 0 Å². The lowest BCUT2D eigenvalue weighted by Gasteiger charge is -2.42. The first kappa shape index (κ1) is 14.1. The molecule has 3 aliphatic carbocycles. The minimum Gasteiger partial charge on any atom is -0.390 e. The molecule has 0 heterocycles. The molecule has 1 aromatic carbocycles. The SMILES string of the molecule is O=C(NCC1(C2CC2)CCC1)N[C@H]1c2ccccc2C[C@H]1O. The monoisotopic (exact) mass is 300 g/mol. The molecule has 4 rings (SSSR count). The number of rotatable bonds is 4. The van der Waals surface area contributed by atoms with Crippen molar-refractivity contribution in [3.8, 4) is 0 Å². The lowest BCUT2D eigenvalue weighted by molar-refractivity contribution is 0.0997. The minimum absolute atomic E-state index is 0.146. The van der Waals surface area contributed by atoms with Crippen molar-refractivity contribution in [3.05, 3.63) is 35.4 Å². The van der Waals surface area contributed by atoms with Crippen molar-refractivity contribution in [2.24, 2.45) is 11.3 Å². The number of urea groups is 1. The number of hydrogen-bond donors (Lipinski definition) is 3. The number of benzene rings is 1. The largest absolute Gasteiger partial charge is 0.390 e. The molecule has 0 bridgehead atoms. The Morgan fingerprint density at radius 3 is 2.73 bits per heavy atom. The maximum absolute atomic E-state index is 12.3. The maximum Gasteiger partial charge on any atom is 0.315 e. The number of carbonyl (C=O) groups is 1. The van der Waals surface area contributed by atoms with Gasteiger partial charge in [0.2, 0.25) is 0 Å². The fraction of sp³-hybridized carbons (Fsp3) is 0.611. The van der Waals surface area contributed by atoms with Crippen molar-refractivity contribution in [1.82, 2.24) is 10.6 Å². The number of carbonyl (C=O) groups excluding carboxylic acids is 1. The smallest absolute Gasteiger partial charge is 0.315 e. The summed E-state index contributed by atoms with van der Waals surface area (Å²) in [6.45, 7) is 0.786. The summed E-state index contributed by atoms with van der Waals surface area (Å²) in [5.41, 5.74) is 2.56. The summed E-state index contributed by atoms with van der Waals surface area (Å²) < 4.78 is 0. The standard InChI is InChI=1S/C18H24N2O2/c21-15-10-12-4-1-2-5-14(12)16(15)20-17(22)19-11-18(8-3-9-18)13-6-7-13/h1-2,4-5,13,15-16,21H,3,6-11H2,(H2,19,20,22)/t15-,16+/m1/s1. The van der Waals surface area contributed by atoms with Crippen LogP contribution in [-0.2, 0) is 6.42 Å². The Bertz CT molecular complexity index is 578. The Hall–Kier alpha value is -1.55. The fourth-order valence-electron chi connectivity index (χ4n) is 4.25. The van der Waals surface area contributed by atoms with Gasteiger partial charge in [-0.3, -0.25) is 0 Å². The average molecular weight is 300 g/mol. The normalized spacial score (nSPS) is 28.6. The van der Waals surface area contributed by atoms with Gasteiger partial charge in [-0.1, -0.05) is 30.7 Å². The first-order chi connectivity index (χ1) is 10.7. The number of amides is 2. The van der Waals surface area contributed by atoms with E-state index in [4.69, 9.17) is 0 Å². The molecule has 22 heavy (non-hydrogen) atoms. The Morgan fingerprint density at radius 1 is 1.27 bits per heavy atom. The topological polar surface area (TPSA) is 61.4 Å². The Morgan fingerprint density at radius 2 is 2.05 bits per heavy atom. The van der Waals surface area contributed by atoms with Crippen LogP contribution in [0.2, 0.25) is 0 Å². The van der Waals surface area contributed by atoms with E-state index >= 15 is 0 Å². The average Bonchev–Trinajstić information content (AvgIpc) is 3.25. The van der Waals surface area contributed by atoms with Crippen molar-refractivity contribution < 1.29 is 9.90 Å². The molecule has 4 nitrogen and oxygen atoms in total. The van der Waals surface area contributed by atoms with Crippen LogP contribution in [0.5, 0.6) is 0 Å². The van der Waals surface area contributed by atoms with Crippen LogP contribution >= 0.6 is 0 Å². The van der Waals surface area contributed by atoms with Crippen molar-refractivity contribution >= 4 is 6.03 Å². The number of fused-ring (bicyclic) bond motifs is 1. The predicted octanol–water partition coefficient (Wildman–Crippen LogP) is 2.52. The molecule has 0 aromatic heterocycles. The van der Waals surface area contributed by atoms with Crippen LogP contribution in [0.4, 0.5) is 4.79 Å². The number of aliphatic hydroxyl groups excluding tert-OH is 1.